The van der Waals surface area contributed by atoms with E-state index in [1.54, 1.807) is 0 Å². The molecule has 66 valence electrons. The fraction of sp³-hybridized carbons (Fsp3) is 0.250. The molecule has 0 spiro atoms. The van der Waals surface area contributed by atoms with E-state index in [2.05, 4.69) is 0 Å². The molecule has 0 aliphatic rings. The van der Waals surface area contributed by atoms with Crippen molar-refractivity contribution < 1.29 is 9.13 Å². The van der Waals surface area contributed by atoms with Crippen molar-refractivity contribution in [2.24, 2.45) is 0 Å². The van der Waals surface area contributed by atoms with E-state index in [4.69, 9.17) is 16.3 Å². The van der Waals surface area contributed by atoms with Crippen LogP contribution in [0.15, 0.2) is 17.0 Å². The minimum atomic E-state index is -0.380. The van der Waals surface area contributed by atoms with Crippen molar-refractivity contribution in [1.82, 2.24) is 0 Å². The molecule has 0 aromatic heterocycles. The molecule has 0 saturated carbocycles. The van der Waals surface area contributed by atoms with Crippen LogP contribution in [0, 0.1) is 5.82 Å². The summed E-state index contributed by atoms with van der Waals surface area (Å²) in [5.41, 5.74) is 0. The number of hydrogen-bond donors (Lipinski definition) is 0. The molecule has 0 aliphatic heterocycles. The van der Waals surface area contributed by atoms with Gasteiger partial charge in [0.15, 0.2) is 0 Å². The summed E-state index contributed by atoms with van der Waals surface area (Å²) in [7, 11) is 1.49. The number of rotatable bonds is 2. The van der Waals surface area contributed by atoms with Gasteiger partial charge in [0, 0.05) is 6.07 Å². The molecule has 1 aromatic carbocycles. The average Bonchev–Trinajstić information content (AvgIpc) is 2.03. The van der Waals surface area contributed by atoms with Gasteiger partial charge < -0.3 is 4.74 Å². The van der Waals surface area contributed by atoms with Gasteiger partial charge >= 0.3 is 0 Å². The van der Waals surface area contributed by atoms with E-state index in [9.17, 15) is 4.39 Å². The monoisotopic (exact) mass is 206 g/mol. The molecule has 1 aromatic rings. The molecule has 0 saturated heterocycles. The van der Waals surface area contributed by atoms with Crippen molar-refractivity contribution in [3.05, 3.63) is 23.0 Å². The van der Waals surface area contributed by atoms with E-state index in [1.807, 2.05) is 6.26 Å². The smallest absolute Gasteiger partial charge is 0.136 e. The fourth-order valence-electron chi connectivity index (χ4n) is 0.886. The maximum atomic E-state index is 12.8. The van der Waals surface area contributed by atoms with Crippen molar-refractivity contribution in [2.75, 3.05) is 13.4 Å². The zero-order valence-corrected chi connectivity index (χ0v) is 8.30. The minimum Gasteiger partial charge on any atom is -0.495 e. The lowest BCUT2D eigenvalue weighted by molar-refractivity contribution is 0.401. The van der Waals surface area contributed by atoms with Crippen molar-refractivity contribution >= 4 is 23.4 Å². The van der Waals surface area contributed by atoms with Gasteiger partial charge in [-0.3, -0.25) is 0 Å². The highest BCUT2D eigenvalue weighted by Gasteiger charge is 2.08. The Labute approximate surface area is 79.9 Å². The normalized spacial score (nSPS) is 10.0. The van der Waals surface area contributed by atoms with Gasteiger partial charge in [-0.1, -0.05) is 11.6 Å². The maximum Gasteiger partial charge on any atom is 0.136 e. The average molecular weight is 207 g/mol. The molecule has 0 bridgehead atoms. The number of methoxy groups -OCH3 is 1. The Hall–Kier alpha value is -0.410. The number of benzene rings is 1. The van der Waals surface area contributed by atoms with E-state index >= 15 is 0 Å². The van der Waals surface area contributed by atoms with E-state index in [1.165, 1.54) is 31.0 Å². The zero-order valence-electron chi connectivity index (χ0n) is 6.73. The Morgan fingerprint density at radius 2 is 2.17 bits per heavy atom. The standard InChI is InChI=1S/C8H8ClFOS/c1-11-7-4-5(10)3-6(9)8(7)12-2/h3-4H,1-2H3. The van der Waals surface area contributed by atoms with Gasteiger partial charge in [-0.25, -0.2) is 4.39 Å². The number of thioether (sulfide) groups is 1. The number of hydrogen-bond acceptors (Lipinski definition) is 2. The summed E-state index contributed by atoms with van der Waals surface area (Å²) in [6.45, 7) is 0. The second kappa shape index (κ2) is 4.01. The van der Waals surface area contributed by atoms with Crippen LogP contribution in [-0.4, -0.2) is 13.4 Å². The highest BCUT2D eigenvalue weighted by atomic mass is 35.5. The van der Waals surface area contributed by atoms with Gasteiger partial charge in [-0.05, 0) is 12.3 Å². The van der Waals surface area contributed by atoms with Crippen LogP contribution in [0.4, 0.5) is 4.39 Å². The van der Waals surface area contributed by atoms with Gasteiger partial charge in [0.2, 0.25) is 0 Å². The van der Waals surface area contributed by atoms with E-state index in [0.717, 1.165) is 4.90 Å². The van der Waals surface area contributed by atoms with Crippen molar-refractivity contribution in [3.63, 3.8) is 0 Å². The van der Waals surface area contributed by atoms with Crippen LogP contribution in [0.1, 0.15) is 0 Å². The third-order valence-electron chi connectivity index (χ3n) is 1.40. The third-order valence-corrected chi connectivity index (χ3v) is 2.64. The molecule has 0 unspecified atom stereocenters. The molecule has 0 N–H and O–H groups in total. The number of halogens is 2. The topological polar surface area (TPSA) is 9.23 Å². The summed E-state index contributed by atoms with van der Waals surface area (Å²) >= 11 is 7.20. The Morgan fingerprint density at radius 1 is 1.50 bits per heavy atom. The van der Waals surface area contributed by atoms with Crippen LogP contribution < -0.4 is 4.74 Å². The van der Waals surface area contributed by atoms with Crippen LogP contribution in [-0.2, 0) is 0 Å². The largest absolute Gasteiger partial charge is 0.495 e. The second-order valence-electron chi connectivity index (χ2n) is 2.12. The van der Waals surface area contributed by atoms with Crippen LogP contribution in [0.3, 0.4) is 0 Å². The highest BCUT2D eigenvalue weighted by Crippen LogP contribution is 2.35. The quantitative estimate of drug-likeness (QED) is 0.688. The first-order valence-electron chi connectivity index (χ1n) is 3.26. The SMILES string of the molecule is COc1cc(F)cc(Cl)c1SC. The number of ether oxygens (including phenoxy) is 1. The minimum absolute atomic E-state index is 0.380. The van der Waals surface area contributed by atoms with Gasteiger partial charge in [-0.15, -0.1) is 11.8 Å². The molecule has 1 rings (SSSR count). The second-order valence-corrected chi connectivity index (χ2v) is 3.35. The summed E-state index contributed by atoms with van der Waals surface area (Å²) < 4.78 is 17.7. The molecule has 4 heteroatoms. The van der Waals surface area contributed by atoms with Crippen molar-refractivity contribution in [3.8, 4) is 5.75 Å². The fourth-order valence-corrected chi connectivity index (χ4v) is 1.91. The Balaban J connectivity index is 3.24. The van der Waals surface area contributed by atoms with Crippen molar-refractivity contribution in [1.29, 1.82) is 0 Å². The van der Waals surface area contributed by atoms with Gasteiger partial charge in [0.25, 0.3) is 0 Å². The lowest BCUT2D eigenvalue weighted by atomic mass is 10.3. The molecular formula is C8H8ClFOS. The van der Waals surface area contributed by atoms with Gasteiger partial charge in [0.1, 0.15) is 11.6 Å². The first kappa shape index (κ1) is 9.68. The van der Waals surface area contributed by atoms with Crippen LogP contribution in [0.2, 0.25) is 5.02 Å². The Morgan fingerprint density at radius 3 is 2.67 bits per heavy atom. The first-order chi connectivity index (χ1) is 5.69. The van der Waals surface area contributed by atoms with Crippen LogP contribution in [0.25, 0.3) is 0 Å². The highest BCUT2D eigenvalue weighted by molar-refractivity contribution is 7.98. The Kier molecular flexibility index (Phi) is 3.23. The summed E-state index contributed by atoms with van der Waals surface area (Å²) in [5, 5.41) is 0.388. The molecule has 0 heterocycles. The Bertz CT molecular complexity index is 291. The van der Waals surface area contributed by atoms with Gasteiger partial charge in [0.05, 0.1) is 17.0 Å². The predicted molar refractivity (Wildman–Crippen MR) is 49.7 cm³/mol. The molecule has 0 fully saturated rings. The lowest BCUT2D eigenvalue weighted by Crippen LogP contribution is -1.88. The third kappa shape index (κ3) is 1.84. The summed E-state index contributed by atoms with van der Waals surface area (Å²) in [6, 6.07) is 2.59. The van der Waals surface area contributed by atoms with E-state index < -0.39 is 0 Å². The van der Waals surface area contributed by atoms with Gasteiger partial charge in [-0.2, -0.15) is 0 Å². The molecule has 0 atom stereocenters. The van der Waals surface area contributed by atoms with Crippen LogP contribution >= 0.6 is 23.4 Å². The first-order valence-corrected chi connectivity index (χ1v) is 4.86. The molecule has 1 nitrogen and oxygen atoms in total. The zero-order chi connectivity index (χ0) is 9.14. The molecule has 0 radical (unpaired) electrons. The summed E-state index contributed by atoms with van der Waals surface area (Å²) in [4.78, 5) is 0.764. The van der Waals surface area contributed by atoms with Crippen LogP contribution in [0.5, 0.6) is 5.75 Å². The molecule has 0 amide bonds. The molecule has 12 heavy (non-hydrogen) atoms. The summed E-state index contributed by atoms with van der Waals surface area (Å²) in [5.74, 6) is 0.0992. The maximum absolute atomic E-state index is 12.8. The summed E-state index contributed by atoms with van der Waals surface area (Å²) in [6.07, 6.45) is 1.86. The molecule has 0 aliphatic carbocycles. The van der Waals surface area contributed by atoms with E-state index in [0.29, 0.717) is 10.8 Å². The lowest BCUT2D eigenvalue weighted by Gasteiger charge is -2.07. The van der Waals surface area contributed by atoms with Crippen molar-refractivity contribution in [2.45, 2.75) is 4.90 Å². The predicted octanol–water partition coefficient (Wildman–Crippen LogP) is 3.21. The molecular weight excluding hydrogens is 199 g/mol. The van der Waals surface area contributed by atoms with E-state index in [-0.39, 0.29) is 5.82 Å².